The van der Waals surface area contributed by atoms with E-state index in [9.17, 15) is 4.91 Å². The van der Waals surface area contributed by atoms with E-state index < -0.39 is 0 Å². The lowest BCUT2D eigenvalue weighted by atomic mass is 10.1. The van der Waals surface area contributed by atoms with Crippen LogP contribution in [0.15, 0.2) is 17.4 Å². The van der Waals surface area contributed by atoms with E-state index in [1.54, 1.807) is 27.3 Å². The van der Waals surface area contributed by atoms with E-state index >= 15 is 0 Å². The largest absolute Gasteiger partial charge is 0.493 e. The molecule has 112 valence electrons. The average molecular weight is 284 g/mol. The number of nitrogens with zero attached hydrogens (tertiary/aromatic N) is 2. The number of benzene rings is 1. The highest BCUT2D eigenvalue weighted by molar-refractivity contribution is 5.56. The van der Waals surface area contributed by atoms with Gasteiger partial charge in [-0.2, -0.15) is 0 Å². The molecule has 1 unspecified atom stereocenters. The first kappa shape index (κ1) is 16.0. The summed E-state index contributed by atoms with van der Waals surface area (Å²) in [4.78, 5) is 10.5. The quantitative estimate of drug-likeness (QED) is 0.537. The van der Waals surface area contributed by atoms with Crippen LogP contribution in [0.3, 0.4) is 0 Å². The molecule has 7 nitrogen and oxygen atoms in total. The summed E-state index contributed by atoms with van der Waals surface area (Å²) in [6.07, 6.45) is -0.382. The molecule has 0 aliphatic carbocycles. The minimum atomic E-state index is -0.382. The average Bonchev–Trinajstić information content (AvgIpc) is 2.50. The Morgan fingerprint density at radius 2 is 1.75 bits per heavy atom. The fourth-order valence-corrected chi connectivity index (χ4v) is 1.95. The van der Waals surface area contributed by atoms with Crippen molar-refractivity contribution in [1.82, 2.24) is 5.01 Å². The number of ether oxygens (including phenoxy) is 4. The molecule has 0 amide bonds. The van der Waals surface area contributed by atoms with Gasteiger partial charge in [-0.05, 0) is 12.1 Å². The summed E-state index contributed by atoms with van der Waals surface area (Å²) in [5.41, 5.74) is 0.753. The normalized spacial score (nSPS) is 11.7. The maximum Gasteiger partial charge on any atom is 0.203 e. The summed E-state index contributed by atoms with van der Waals surface area (Å²) >= 11 is 0. The summed E-state index contributed by atoms with van der Waals surface area (Å²) in [6.45, 7) is 0.297. The number of hydrogen-bond acceptors (Lipinski definition) is 6. The van der Waals surface area contributed by atoms with E-state index in [2.05, 4.69) is 5.29 Å². The maximum atomic E-state index is 10.5. The van der Waals surface area contributed by atoms with Crippen LogP contribution in [0, 0.1) is 4.91 Å². The van der Waals surface area contributed by atoms with Gasteiger partial charge in [0.1, 0.15) is 6.10 Å². The van der Waals surface area contributed by atoms with Crippen LogP contribution in [0.25, 0.3) is 0 Å². The van der Waals surface area contributed by atoms with Gasteiger partial charge in [0.2, 0.25) is 5.75 Å². The van der Waals surface area contributed by atoms with E-state index in [0.717, 1.165) is 5.56 Å². The predicted octanol–water partition coefficient (Wildman–Crippen LogP) is 2.01. The Labute approximate surface area is 118 Å². The molecule has 0 spiro atoms. The Morgan fingerprint density at radius 3 is 2.20 bits per heavy atom. The lowest BCUT2D eigenvalue weighted by molar-refractivity contribution is 0.0696. The van der Waals surface area contributed by atoms with Crippen LogP contribution >= 0.6 is 0 Å². The fraction of sp³-hybridized carbons (Fsp3) is 0.538. The zero-order chi connectivity index (χ0) is 15.1. The van der Waals surface area contributed by atoms with Crippen molar-refractivity contribution >= 4 is 0 Å². The fourth-order valence-electron chi connectivity index (χ4n) is 1.95. The second-order valence-electron chi connectivity index (χ2n) is 4.07. The Kier molecular flexibility index (Phi) is 6.05. The molecule has 20 heavy (non-hydrogen) atoms. The second-order valence-corrected chi connectivity index (χ2v) is 4.07. The Hall–Kier alpha value is -2.02. The van der Waals surface area contributed by atoms with Gasteiger partial charge in [0.05, 0.1) is 33.2 Å². The highest BCUT2D eigenvalue weighted by atomic mass is 16.5. The van der Waals surface area contributed by atoms with Crippen LogP contribution in [0.1, 0.15) is 11.7 Å². The molecule has 0 saturated heterocycles. The zero-order valence-corrected chi connectivity index (χ0v) is 12.4. The first-order valence-electron chi connectivity index (χ1n) is 5.98. The molecule has 0 aliphatic heterocycles. The van der Waals surface area contributed by atoms with Crippen molar-refractivity contribution in [3.63, 3.8) is 0 Å². The minimum Gasteiger partial charge on any atom is -0.493 e. The number of methoxy groups -OCH3 is 4. The van der Waals surface area contributed by atoms with Gasteiger partial charge in [0.25, 0.3) is 0 Å². The summed E-state index contributed by atoms with van der Waals surface area (Å²) < 4.78 is 21.3. The smallest absolute Gasteiger partial charge is 0.203 e. The topological polar surface area (TPSA) is 69.6 Å². The molecule has 0 heterocycles. The Morgan fingerprint density at radius 1 is 1.10 bits per heavy atom. The van der Waals surface area contributed by atoms with Crippen LogP contribution in [-0.4, -0.2) is 47.0 Å². The third-order valence-electron chi connectivity index (χ3n) is 2.94. The van der Waals surface area contributed by atoms with Crippen LogP contribution in [0.4, 0.5) is 0 Å². The molecule has 0 aliphatic rings. The number of hydrogen-bond donors (Lipinski definition) is 0. The third kappa shape index (κ3) is 3.30. The first-order chi connectivity index (χ1) is 9.62. The number of likely N-dealkylation sites (N-methyl/N-ethyl adjacent to an activating group) is 1. The van der Waals surface area contributed by atoms with E-state index in [4.69, 9.17) is 18.9 Å². The SMILES string of the molecule is COc1ccc(C(CN(C)N=O)OC)c(OC)c1OC. The first-order valence-corrected chi connectivity index (χ1v) is 5.98. The second kappa shape index (κ2) is 7.54. The lowest BCUT2D eigenvalue weighted by Gasteiger charge is -2.23. The van der Waals surface area contributed by atoms with Crippen molar-refractivity contribution in [3.05, 3.63) is 22.6 Å². The lowest BCUT2D eigenvalue weighted by Crippen LogP contribution is -2.21. The molecule has 0 N–H and O–H groups in total. The standard InChI is InChI=1S/C13H20N2O5/c1-15(14-16)8-11(18-3)9-6-7-10(17-2)13(20-5)12(9)19-4/h6-7,11H,8H2,1-5H3. The Bertz CT molecular complexity index is 453. The van der Waals surface area contributed by atoms with Crippen molar-refractivity contribution in [2.45, 2.75) is 6.10 Å². The van der Waals surface area contributed by atoms with Gasteiger partial charge < -0.3 is 18.9 Å². The predicted molar refractivity (Wildman–Crippen MR) is 74.3 cm³/mol. The molecule has 1 aromatic carbocycles. The molecule has 1 atom stereocenters. The van der Waals surface area contributed by atoms with E-state index in [1.165, 1.54) is 19.2 Å². The van der Waals surface area contributed by atoms with Gasteiger partial charge in [-0.25, -0.2) is 0 Å². The van der Waals surface area contributed by atoms with Crippen LogP contribution < -0.4 is 14.2 Å². The molecule has 0 fully saturated rings. The molecule has 0 bridgehead atoms. The van der Waals surface area contributed by atoms with Crippen molar-refractivity contribution in [3.8, 4) is 17.2 Å². The van der Waals surface area contributed by atoms with E-state index in [0.29, 0.717) is 23.8 Å². The van der Waals surface area contributed by atoms with Gasteiger partial charge in [-0.1, -0.05) is 0 Å². The van der Waals surface area contributed by atoms with Crippen molar-refractivity contribution in [1.29, 1.82) is 0 Å². The molecule has 1 aromatic rings. The highest BCUT2D eigenvalue weighted by Crippen LogP contribution is 2.42. The minimum absolute atomic E-state index is 0.297. The molecule has 1 rings (SSSR count). The Balaban J connectivity index is 3.24. The number of rotatable bonds is 8. The summed E-state index contributed by atoms with van der Waals surface area (Å²) in [6, 6.07) is 3.57. The van der Waals surface area contributed by atoms with Crippen molar-refractivity contribution in [2.24, 2.45) is 5.29 Å². The molecule has 0 aromatic heterocycles. The van der Waals surface area contributed by atoms with Gasteiger partial charge in [0, 0.05) is 19.7 Å². The van der Waals surface area contributed by atoms with Gasteiger partial charge in [-0.15, -0.1) is 4.91 Å². The van der Waals surface area contributed by atoms with Crippen LogP contribution in [-0.2, 0) is 4.74 Å². The van der Waals surface area contributed by atoms with Crippen molar-refractivity contribution in [2.75, 3.05) is 42.0 Å². The van der Waals surface area contributed by atoms with Crippen molar-refractivity contribution < 1.29 is 18.9 Å². The van der Waals surface area contributed by atoms with E-state index in [1.807, 2.05) is 6.07 Å². The molecular weight excluding hydrogens is 264 g/mol. The summed E-state index contributed by atoms with van der Waals surface area (Å²) in [7, 11) is 7.75. The highest BCUT2D eigenvalue weighted by Gasteiger charge is 2.23. The van der Waals surface area contributed by atoms with E-state index in [-0.39, 0.29) is 6.10 Å². The molecule has 0 saturated carbocycles. The summed E-state index contributed by atoms with van der Waals surface area (Å²) in [5, 5.41) is 4.09. The van der Waals surface area contributed by atoms with Crippen LogP contribution in [0.2, 0.25) is 0 Å². The monoisotopic (exact) mass is 284 g/mol. The maximum absolute atomic E-state index is 10.5. The number of nitroso groups, excluding NO2 is 1. The molecule has 7 heteroatoms. The van der Waals surface area contributed by atoms with Gasteiger partial charge in [0.15, 0.2) is 11.5 Å². The summed E-state index contributed by atoms with van der Waals surface area (Å²) in [5.74, 6) is 1.55. The van der Waals surface area contributed by atoms with Gasteiger partial charge in [-0.3, -0.25) is 5.01 Å². The molecule has 0 radical (unpaired) electrons. The third-order valence-corrected chi connectivity index (χ3v) is 2.94. The zero-order valence-electron chi connectivity index (χ0n) is 12.4. The molecular formula is C13H20N2O5. The van der Waals surface area contributed by atoms with Gasteiger partial charge >= 0.3 is 0 Å². The van der Waals surface area contributed by atoms with Crippen LogP contribution in [0.5, 0.6) is 17.2 Å².